The number of anilines is 1. The number of nitrogens with one attached hydrogen (secondary N) is 2. The number of nitrogens with zero attached hydrogens (tertiary/aromatic N) is 5. The summed E-state index contributed by atoms with van der Waals surface area (Å²) in [5.41, 5.74) is 3.65. The summed E-state index contributed by atoms with van der Waals surface area (Å²) < 4.78 is 14.7. The maximum Gasteiger partial charge on any atom is 0.257 e. The van der Waals surface area contributed by atoms with Crippen LogP contribution in [-0.2, 0) is 9.47 Å². The van der Waals surface area contributed by atoms with E-state index in [1.807, 2.05) is 25.4 Å². The Morgan fingerprint density at radius 1 is 1.22 bits per heavy atom. The normalized spacial score (nSPS) is 23.4. The van der Waals surface area contributed by atoms with Crippen LogP contribution in [0.25, 0.3) is 27.9 Å². The van der Waals surface area contributed by atoms with Crippen molar-refractivity contribution in [1.29, 1.82) is 0 Å². The summed E-state index contributed by atoms with van der Waals surface area (Å²) in [6.07, 6.45) is 9.61. The minimum atomic E-state index is -0.189. The van der Waals surface area contributed by atoms with Crippen LogP contribution in [0.15, 0.2) is 36.8 Å². The number of fused-ring (bicyclic) bond motifs is 2. The average Bonchev–Trinajstić information content (AvgIpc) is 3.45. The predicted molar refractivity (Wildman–Crippen MR) is 136 cm³/mol. The molecule has 10 heteroatoms. The maximum absolute atomic E-state index is 13.2. The minimum Gasteiger partial charge on any atom is -0.384 e. The van der Waals surface area contributed by atoms with E-state index in [4.69, 9.17) is 19.4 Å². The Morgan fingerprint density at radius 2 is 2.08 bits per heavy atom. The molecule has 4 heterocycles. The molecule has 2 N–H and O–H groups in total. The van der Waals surface area contributed by atoms with Gasteiger partial charge in [-0.1, -0.05) is 0 Å². The van der Waals surface area contributed by atoms with Gasteiger partial charge in [-0.3, -0.25) is 4.79 Å². The smallest absolute Gasteiger partial charge is 0.257 e. The van der Waals surface area contributed by atoms with E-state index in [1.54, 1.807) is 24.9 Å². The number of aromatic nitrogens is 5. The van der Waals surface area contributed by atoms with Gasteiger partial charge in [0.25, 0.3) is 5.91 Å². The molecule has 1 unspecified atom stereocenters. The summed E-state index contributed by atoms with van der Waals surface area (Å²) in [5.74, 6) is 1.14. The summed E-state index contributed by atoms with van der Waals surface area (Å²) in [5, 5.41) is 11.8. The van der Waals surface area contributed by atoms with Gasteiger partial charge in [0, 0.05) is 63.3 Å². The molecule has 2 saturated carbocycles. The lowest BCUT2D eigenvalue weighted by Gasteiger charge is -2.36. The molecule has 2 fully saturated rings. The molecule has 36 heavy (non-hydrogen) atoms. The van der Waals surface area contributed by atoms with Crippen molar-refractivity contribution in [2.24, 2.45) is 5.92 Å². The molecule has 0 aliphatic heterocycles. The molecule has 4 aromatic heterocycles. The van der Waals surface area contributed by atoms with Crippen molar-refractivity contribution >= 4 is 28.4 Å². The Balaban J connectivity index is 1.40. The molecule has 0 saturated heterocycles. The number of pyridine rings is 1. The highest BCUT2D eigenvalue weighted by Crippen LogP contribution is 2.42. The second-order valence-electron chi connectivity index (χ2n) is 9.77. The summed E-state index contributed by atoms with van der Waals surface area (Å²) in [6.45, 7) is 0.789. The molecular formula is C26H31N7O3. The standard InChI is InChI=1S/C26H31N7O3/c1-27-23-11-21(30-25-18(12-29-33(23)25)26(34)31-20-6-7-22(20)36-3)19-13-32(16-9-15(10-16)14-35-2)24-17(19)5-4-8-28-24/h4-5,8,11-13,15-16,20,22,27H,6-7,9-10,14H2,1-3H3,(H,31,34)/t15-,16+,20?,22-/m0/s1. The van der Waals surface area contributed by atoms with Crippen LogP contribution in [0.3, 0.4) is 0 Å². The Morgan fingerprint density at radius 3 is 2.81 bits per heavy atom. The maximum atomic E-state index is 13.2. The highest BCUT2D eigenvalue weighted by molar-refractivity contribution is 6.01. The zero-order chi connectivity index (χ0) is 24.8. The minimum absolute atomic E-state index is 0.0119. The van der Waals surface area contributed by atoms with Crippen LogP contribution in [0.1, 0.15) is 42.1 Å². The van der Waals surface area contributed by atoms with Crippen LogP contribution < -0.4 is 10.6 Å². The molecule has 188 valence electrons. The van der Waals surface area contributed by atoms with Crippen LogP contribution in [0.4, 0.5) is 5.82 Å². The van der Waals surface area contributed by atoms with E-state index < -0.39 is 0 Å². The quantitative estimate of drug-likeness (QED) is 0.391. The largest absolute Gasteiger partial charge is 0.384 e. The molecule has 2 atom stereocenters. The topological polar surface area (TPSA) is 108 Å². The number of ether oxygens (including phenoxy) is 2. The molecular weight excluding hydrogens is 458 g/mol. The predicted octanol–water partition coefficient (Wildman–Crippen LogP) is 3.29. The number of rotatable bonds is 8. The number of carbonyl (C=O) groups excluding carboxylic acids is 1. The van der Waals surface area contributed by atoms with E-state index in [9.17, 15) is 4.79 Å². The van der Waals surface area contributed by atoms with Gasteiger partial charge in [-0.2, -0.15) is 9.61 Å². The van der Waals surface area contributed by atoms with Gasteiger partial charge in [-0.05, 0) is 43.7 Å². The van der Waals surface area contributed by atoms with Crippen molar-refractivity contribution < 1.29 is 14.3 Å². The van der Waals surface area contributed by atoms with Crippen molar-refractivity contribution in [2.75, 3.05) is 33.2 Å². The van der Waals surface area contributed by atoms with E-state index in [-0.39, 0.29) is 18.1 Å². The summed E-state index contributed by atoms with van der Waals surface area (Å²) in [6, 6.07) is 6.39. The Labute approximate surface area is 209 Å². The number of carbonyl (C=O) groups is 1. The van der Waals surface area contributed by atoms with E-state index in [1.165, 1.54) is 0 Å². The monoisotopic (exact) mass is 489 g/mol. The average molecular weight is 490 g/mol. The number of amides is 1. The van der Waals surface area contributed by atoms with Gasteiger partial charge < -0.3 is 24.7 Å². The van der Waals surface area contributed by atoms with Gasteiger partial charge in [0.05, 0.1) is 24.0 Å². The highest BCUT2D eigenvalue weighted by atomic mass is 16.5. The van der Waals surface area contributed by atoms with Crippen molar-refractivity contribution in [3.8, 4) is 11.3 Å². The first-order valence-electron chi connectivity index (χ1n) is 12.5. The zero-order valence-corrected chi connectivity index (χ0v) is 20.8. The summed E-state index contributed by atoms with van der Waals surface area (Å²) in [4.78, 5) is 22.8. The number of hydrogen-bond donors (Lipinski definition) is 2. The van der Waals surface area contributed by atoms with E-state index >= 15 is 0 Å². The van der Waals surface area contributed by atoms with E-state index in [0.29, 0.717) is 23.2 Å². The van der Waals surface area contributed by atoms with Crippen LogP contribution in [0.5, 0.6) is 0 Å². The van der Waals surface area contributed by atoms with Gasteiger partial charge in [0.1, 0.15) is 17.0 Å². The van der Waals surface area contributed by atoms with Crippen LogP contribution in [0, 0.1) is 5.92 Å². The van der Waals surface area contributed by atoms with Gasteiger partial charge in [0.2, 0.25) is 0 Å². The fourth-order valence-electron chi connectivity index (χ4n) is 5.47. The second kappa shape index (κ2) is 9.18. The number of hydrogen-bond acceptors (Lipinski definition) is 7. The first-order chi connectivity index (χ1) is 17.6. The highest BCUT2D eigenvalue weighted by Gasteiger charge is 2.34. The SMILES string of the molecule is CNc1cc(-c2cn([C@H]3C[C@@H](COC)C3)c3ncccc23)nc2c(C(=O)NC3CC[C@@H]3OC)cnn12. The lowest BCUT2D eigenvalue weighted by atomic mass is 9.80. The lowest BCUT2D eigenvalue weighted by Crippen LogP contribution is -2.51. The third-order valence-electron chi connectivity index (χ3n) is 7.67. The third kappa shape index (κ3) is 3.72. The van der Waals surface area contributed by atoms with Crippen molar-refractivity contribution in [3.05, 3.63) is 42.4 Å². The zero-order valence-electron chi connectivity index (χ0n) is 20.8. The first-order valence-corrected chi connectivity index (χ1v) is 12.5. The molecule has 0 radical (unpaired) electrons. The summed E-state index contributed by atoms with van der Waals surface area (Å²) in [7, 11) is 5.27. The molecule has 6 rings (SSSR count). The van der Waals surface area contributed by atoms with Crippen molar-refractivity contribution in [2.45, 2.75) is 43.9 Å². The molecule has 10 nitrogen and oxygen atoms in total. The van der Waals surface area contributed by atoms with Crippen molar-refractivity contribution in [1.82, 2.24) is 29.5 Å². The fraction of sp³-hybridized carbons (Fsp3) is 0.462. The lowest BCUT2D eigenvalue weighted by molar-refractivity contribution is 0.00732. The van der Waals surface area contributed by atoms with Gasteiger partial charge in [-0.25, -0.2) is 9.97 Å². The van der Waals surface area contributed by atoms with E-state index in [2.05, 4.69) is 32.6 Å². The van der Waals surface area contributed by atoms with Gasteiger partial charge in [-0.15, -0.1) is 0 Å². The van der Waals surface area contributed by atoms with Gasteiger partial charge in [0.15, 0.2) is 5.65 Å². The first kappa shape index (κ1) is 22.9. The van der Waals surface area contributed by atoms with Crippen LogP contribution >= 0.6 is 0 Å². The van der Waals surface area contributed by atoms with Crippen LogP contribution in [-0.4, -0.2) is 70.1 Å². The fourth-order valence-corrected chi connectivity index (χ4v) is 5.47. The molecule has 2 aliphatic carbocycles. The Hall–Kier alpha value is -3.50. The van der Waals surface area contributed by atoms with Gasteiger partial charge >= 0.3 is 0 Å². The molecule has 1 amide bonds. The van der Waals surface area contributed by atoms with E-state index in [0.717, 1.165) is 60.4 Å². The molecule has 2 aliphatic rings. The second-order valence-corrected chi connectivity index (χ2v) is 9.77. The Bertz CT molecular complexity index is 1420. The molecule has 0 spiro atoms. The molecule has 4 aromatic rings. The Kier molecular flexibility index (Phi) is 5.85. The number of methoxy groups -OCH3 is 2. The third-order valence-corrected chi connectivity index (χ3v) is 7.67. The summed E-state index contributed by atoms with van der Waals surface area (Å²) >= 11 is 0. The molecule has 0 aromatic carbocycles. The molecule has 0 bridgehead atoms. The van der Waals surface area contributed by atoms with Crippen molar-refractivity contribution in [3.63, 3.8) is 0 Å². The van der Waals surface area contributed by atoms with Crippen LogP contribution in [0.2, 0.25) is 0 Å².